The largest absolute Gasteiger partial charge is 0.351 e. The lowest BCUT2D eigenvalue weighted by Gasteiger charge is -2.02. The molecule has 0 atom stereocenters. The van der Waals surface area contributed by atoms with E-state index < -0.39 is 9.84 Å². The number of thiophene rings is 1. The minimum absolute atomic E-state index is 0.00967. The highest BCUT2D eigenvalue weighted by molar-refractivity contribution is 7.90. The lowest BCUT2D eigenvalue weighted by Crippen LogP contribution is -2.24. The van der Waals surface area contributed by atoms with Gasteiger partial charge in [0.25, 0.3) is 0 Å². The Morgan fingerprint density at radius 3 is 2.52 bits per heavy atom. The van der Waals surface area contributed by atoms with Crippen molar-refractivity contribution in [3.05, 3.63) is 47.3 Å². The van der Waals surface area contributed by atoms with Crippen molar-refractivity contribution < 1.29 is 13.2 Å². The Morgan fingerprint density at radius 2 is 1.86 bits per heavy atom. The molecule has 0 radical (unpaired) electrons. The zero-order valence-electron chi connectivity index (χ0n) is 11.7. The highest BCUT2D eigenvalue weighted by Gasteiger charge is 2.08. The standard InChI is InChI=1S/C15H17NO3S2/c1-21(18,19)10-9-15(17)16-11-13-7-8-14(20-13)12-5-3-2-4-6-12/h2-8H,9-11H2,1H3,(H,16,17). The fraction of sp³-hybridized carbons (Fsp3) is 0.267. The van der Waals surface area contributed by atoms with Gasteiger partial charge in [-0.25, -0.2) is 8.42 Å². The molecule has 0 aliphatic heterocycles. The number of nitrogens with one attached hydrogen (secondary N) is 1. The van der Waals surface area contributed by atoms with Gasteiger partial charge in [0.05, 0.1) is 12.3 Å². The van der Waals surface area contributed by atoms with Crippen molar-refractivity contribution in [2.24, 2.45) is 0 Å². The Labute approximate surface area is 128 Å². The molecule has 1 aromatic carbocycles. The summed E-state index contributed by atoms with van der Waals surface area (Å²) in [6.07, 6.45) is 1.14. The predicted molar refractivity (Wildman–Crippen MR) is 85.9 cm³/mol. The van der Waals surface area contributed by atoms with E-state index in [1.165, 1.54) is 0 Å². The highest BCUT2D eigenvalue weighted by Crippen LogP contribution is 2.27. The molecule has 21 heavy (non-hydrogen) atoms. The number of rotatable bonds is 6. The molecule has 4 nitrogen and oxygen atoms in total. The number of carbonyl (C=O) groups is 1. The van der Waals surface area contributed by atoms with E-state index in [0.29, 0.717) is 6.54 Å². The van der Waals surface area contributed by atoms with Gasteiger partial charge >= 0.3 is 0 Å². The first-order valence-electron chi connectivity index (χ1n) is 6.52. The van der Waals surface area contributed by atoms with Crippen LogP contribution in [0.3, 0.4) is 0 Å². The van der Waals surface area contributed by atoms with Gasteiger partial charge in [0.2, 0.25) is 5.91 Å². The summed E-state index contributed by atoms with van der Waals surface area (Å²) in [5, 5.41) is 2.74. The quantitative estimate of drug-likeness (QED) is 0.888. The molecule has 6 heteroatoms. The Bertz CT molecular complexity index is 706. The molecule has 112 valence electrons. The fourth-order valence-corrected chi connectivity index (χ4v) is 3.29. The minimum Gasteiger partial charge on any atom is -0.351 e. The summed E-state index contributed by atoms with van der Waals surface area (Å²) in [7, 11) is -3.09. The van der Waals surface area contributed by atoms with Crippen molar-refractivity contribution >= 4 is 27.1 Å². The molecule has 1 heterocycles. The van der Waals surface area contributed by atoms with Crippen LogP contribution in [-0.4, -0.2) is 26.3 Å². The lowest BCUT2D eigenvalue weighted by molar-refractivity contribution is -0.120. The average Bonchev–Trinajstić information content (AvgIpc) is 2.92. The second-order valence-corrected chi connectivity index (χ2v) is 8.22. The fourth-order valence-electron chi connectivity index (χ4n) is 1.78. The van der Waals surface area contributed by atoms with E-state index in [1.54, 1.807) is 11.3 Å². The third-order valence-electron chi connectivity index (χ3n) is 2.88. The van der Waals surface area contributed by atoms with E-state index in [-0.39, 0.29) is 18.1 Å². The van der Waals surface area contributed by atoms with E-state index in [1.807, 2.05) is 42.5 Å². The molecule has 2 rings (SSSR count). The second kappa shape index (κ2) is 6.87. The van der Waals surface area contributed by atoms with Crippen LogP contribution in [0.15, 0.2) is 42.5 Å². The van der Waals surface area contributed by atoms with Gasteiger partial charge < -0.3 is 5.32 Å². The van der Waals surface area contributed by atoms with Gasteiger partial charge in [-0.2, -0.15) is 0 Å². The van der Waals surface area contributed by atoms with Crippen LogP contribution in [0.4, 0.5) is 0 Å². The summed E-state index contributed by atoms with van der Waals surface area (Å²) < 4.78 is 22.0. The Morgan fingerprint density at radius 1 is 1.14 bits per heavy atom. The number of sulfone groups is 1. The van der Waals surface area contributed by atoms with Gasteiger partial charge in [-0.1, -0.05) is 30.3 Å². The summed E-state index contributed by atoms with van der Waals surface area (Å²) in [5.41, 5.74) is 1.15. The van der Waals surface area contributed by atoms with Crippen LogP contribution in [0.2, 0.25) is 0 Å². The van der Waals surface area contributed by atoms with Gasteiger partial charge in [-0.05, 0) is 17.7 Å². The molecule has 1 amide bonds. The summed E-state index contributed by atoms with van der Waals surface area (Å²) in [6.45, 7) is 0.431. The number of benzene rings is 1. The van der Waals surface area contributed by atoms with Crippen LogP contribution in [0.25, 0.3) is 10.4 Å². The molecule has 0 aliphatic rings. The molecular weight excluding hydrogens is 306 g/mol. The lowest BCUT2D eigenvalue weighted by atomic mass is 10.2. The highest BCUT2D eigenvalue weighted by atomic mass is 32.2. The van der Waals surface area contributed by atoms with Crippen molar-refractivity contribution in [1.82, 2.24) is 5.32 Å². The SMILES string of the molecule is CS(=O)(=O)CCC(=O)NCc1ccc(-c2ccccc2)s1. The molecule has 0 saturated heterocycles. The molecular formula is C15H17NO3S2. The summed E-state index contributed by atoms with van der Waals surface area (Å²) in [6, 6.07) is 14.0. The maximum absolute atomic E-state index is 11.6. The molecule has 0 unspecified atom stereocenters. The third-order valence-corrected chi connectivity index (χ3v) is 4.96. The molecule has 0 bridgehead atoms. The zero-order chi connectivity index (χ0) is 15.3. The van der Waals surface area contributed by atoms with Gasteiger partial charge in [-0.15, -0.1) is 11.3 Å². The first-order chi connectivity index (χ1) is 9.94. The third kappa shape index (κ3) is 5.32. The maximum atomic E-state index is 11.6. The smallest absolute Gasteiger partial charge is 0.221 e. The van der Waals surface area contributed by atoms with Crippen LogP contribution in [-0.2, 0) is 21.2 Å². The van der Waals surface area contributed by atoms with Gasteiger partial charge in [0.15, 0.2) is 0 Å². The van der Waals surface area contributed by atoms with Crippen LogP contribution < -0.4 is 5.32 Å². The number of carbonyl (C=O) groups excluding carboxylic acids is 1. The van der Waals surface area contributed by atoms with E-state index in [0.717, 1.165) is 21.6 Å². The average molecular weight is 323 g/mol. The first kappa shape index (κ1) is 15.7. The Kier molecular flexibility index (Phi) is 5.14. The van der Waals surface area contributed by atoms with E-state index >= 15 is 0 Å². The Hall–Kier alpha value is -1.66. The van der Waals surface area contributed by atoms with Gasteiger partial charge in [0, 0.05) is 22.4 Å². The predicted octanol–water partition coefficient (Wildman–Crippen LogP) is 2.47. The maximum Gasteiger partial charge on any atom is 0.221 e. The van der Waals surface area contributed by atoms with E-state index in [4.69, 9.17) is 0 Å². The topological polar surface area (TPSA) is 63.2 Å². The zero-order valence-corrected chi connectivity index (χ0v) is 13.3. The van der Waals surface area contributed by atoms with Crippen LogP contribution >= 0.6 is 11.3 Å². The first-order valence-corrected chi connectivity index (χ1v) is 9.40. The molecule has 0 saturated carbocycles. The molecule has 0 aliphatic carbocycles. The monoisotopic (exact) mass is 323 g/mol. The molecule has 2 aromatic rings. The van der Waals surface area contributed by atoms with E-state index in [2.05, 4.69) is 5.32 Å². The van der Waals surface area contributed by atoms with Crippen molar-refractivity contribution in [2.75, 3.05) is 12.0 Å². The summed E-state index contributed by atoms with van der Waals surface area (Å²) in [4.78, 5) is 13.8. The van der Waals surface area contributed by atoms with E-state index in [9.17, 15) is 13.2 Å². The van der Waals surface area contributed by atoms with Crippen molar-refractivity contribution in [3.8, 4) is 10.4 Å². The summed E-state index contributed by atoms with van der Waals surface area (Å²) >= 11 is 1.62. The van der Waals surface area contributed by atoms with Gasteiger partial charge in [0.1, 0.15) is 9.84 Å². The van der Waals surface area contributed by atoms with Crippen LogP contribution in [0.5, 0.6) is 0 Å². The minimum atomic E-state index is -3.09. The molecule has 0 spiro atoms. The van der Waals surface area contributed by atoms with Crippen LogP contribution in [0, 0.1) is 0 Å². The van der Waals surface area contributed by atoms with Gasteiger partial charge in [-0.3, -0.25) is 4.79 Å². The number of amides is 1. The summed E-state index contributed by atoms with van der Waals surface area (Å²) in [5.74, 6) is -0.353. The van der Waals surface area contributed by atoms with Crippen molar-refractivity contribution in [1.29, 1.82) is 0 Å². The van der Waals surface area contributed by atoms with Crippen molar-refractivity contribution in [3.63, 3.8) is 0 Å². The van der Waals surface area contributed by atoms with Crippen molar-refractivity contribution in [2.45, 2.75) is 13.0 Å². The number of hydrogen-bond donors (Lipinski definition) is 1. The normalized spacial score (nSPS) is 11.3. The Balaban J connectivity index is 1.87. The molecule has 1 aromatic heterocycles. The van der Waals surface area contributed by atoms with Crippen LogP contribution in [0.1, 0.15) is 11.3 Å². The molecule has 1 N–H and O–H groups in total. The second-order valence-electron chi connectivity index (χ2n) is 4.79. The molecule has 0 fully saturated rings. The number of hydrogen-bond acceptors (Lipinski definition) is 4.